The van der Waals surface area contributed by atoms with Crippen molar-refractivity contribution in [2.24, 2.45) is 0 Å². The van der Waals surface area contributed by atoms with Crippen LogP contribution in [0.25, 0.3) is 0 Å². The molecule has 14 heavy (non-hydrogen) atoms. The second-order valence-electron chi connectivity index (χ2n) is 2.64. The summed E-state index contributed by atoms with van der Waals surface area (Å²) in [6.07, 6.45) is 1.49. The molecule has 0 spiro atoms. The molecule has 4 heteroatoms. The summed E-state index contributed by atoms with van der Waals surface area (Å²) in [5.74, 6) is 0.577. The molecule has 2 rings (SSSR count). The van der Waals surface area contributed by atoms with E-state index in [2.05, 4.69) is 5.10 Å². The van der Waals surface area contributed by atoms with Gasteiger partial charge in [0.25, 0.3) is 0 Å². The molecule has 2 aromatic rings. The Morgan fingerprint density at radius 2 is 1.86 bits per heavy atom. The standard InChI is InChI=1S/C10H8N2O2/c13-10-7-4-8-11-12(10)14-9-5-2-1-3-6-9/h1-8H. The highest BCUT2D eigenvalue weighted by Gasteiger charge is 1.96. The topological polar surface area (TPSA) is 44.1 Å². The molecule has 0 saturated carbocycles. The minimum atomic E-state index is -0.295. The van der Waals surface area contributed by atoms with Crippen LogP contribution in [-0.4, -0.2) is 9.94 Å². The zero-order valence-corrected chi connectivity index (χ0v) is 7.33. The van der Waals surface area contributed by atoms with Crippen molar-refractivity contribution in [3.8, 4) is 5.75 Å². The lowest BCUT2D eigenvalue weighted by molar-refractivity contribution is 0.164. The van der Waals surface area contributed by atoms with E-state index in [0.29, 0.717) is 5.75 Å². The molecule has 0 aliphatic rings. The second kappa shape index (κ2) is 3.74. The molecule has 1 aromatic carbocycles. The fourth-order valence-electron chi connectivity index (χ4n) is 0.995. The Labute approximate surface area is 80.3 Å². The van der Waals surface area contributed by atoms with Crippen LogP contribution in [-0.2, 0) is 0 Å². The average Bonchev–Trinajstić information content (AvgIpc) is 2.23. The minimum Gasteiger partial charge on any atom is -0.354 e. The molecule has 0 saturated heterocycles. The molecule has 0 unspecified atom stereocenters. The summed E-state index contributed by atoms with van der Waals surface area (Å²) in [5, 5.41) is 3.76. The maximum atomic E-state index is 11.2. The molecule has 70 valence electrons. The maximum absolute atomic E-state index is 11.2. The van der Waals surface area contributed by atoms with E-state index in [1.807, 2.05) is 18.2 Å². The highest BCUT2D eigenvalue weighted by atomic mass is 16.7. The van der Waals surface area contributed by atoms with Crippen molar-refractivity contribution >= 4 is 0 Å². The highest BCUT2D eigenvalue weighted by molar-refractivity contribution is 5.20. The predicted octanol–water partition coefficient (Wildman–Crippen LogP) is 1.09. The van der Waals surface area contributed by atoms with Crippen molar-refractivity contribution in [1.29, 1.82) is 0 Å². The van der Waals surface area contributed by atoms with Crippen LogP contribution < -0.4 is 10.4 Å². The number of aromatic nitrogens is 2. The van der Waals surface area contributed by atoms with Crippen molar-refractivity contribution in [1.82, 2.24) is 9.94 Å². The van der Waals surface area contributed by atoms with E-state index in [0.717, 1.165) is 4.85 Å². The Morgan fingerprint density at radius 3 is 2.57 bits per heavy atom. The third-order valence-corrected chi connectivity index (χ3v) is 1.62. The van der Waals surface area contributed by atoms with E-state index >= 15 is 0 Å². The number of rotatable bonds is 2. The quantitative estimate of drug-likeness (QED) is 0.708. The van der Waals surface area contributed by atoms with Crippen molar-refractivity contribution in [2.45, 2.75) is 0 Å². The van der Waals surface area contributed by atoms with Gasteiger partial charge in [-0.05, 0) is 18.2 Å². The molecule has 0 bridgehead atoms. The van der Waals surface area contributed by atoms with Crippen LogP contribution in [0.2, 0.25) is 0 Å². The van der Waals surface area contributed by atoms with E-state index in [9.17, 15) is 4.79 Å². The first kappa shape index (κ1) is 8.50. The van der Waals surface area contributed by atoms with Gasteiger partial charge in [0, 0.05) is 6.07 Å². The summed E-state index contributed by atoms with van der Waals surface area (Å²) < 4.78 is 0. The summed E-state index contributed by atoms with van der Waals surface area (Å²) in [4.78, 5) is 17.3. The van der Waals surface area contributed by atoms with Gasteiger partial charge < -0.3 is 4.84 Å². The van der Waals surface area contributed by atoms with Gasteiger partial charge in [-0.25, -0.2) is 0 Å². The summed E-state index contributed by atoms with van der Waals surface area (Å²) in [6, 6.07) is 12.0. The normalized spacial score (nSPS) is 9.71. The van der Waals surface area contributed by atoms with Gasteiger partial charge in [0.2, 0.25) is 0 Å². The predicted molar refractivity (Wildman–Crippen MR) is 51.0 cm³/mol. The van der Waals surface area contributed by atoms with Crippen molar-refractivity contribution < 1.29 is 4.84 Å². The zero-order valence-electron chi connectivity index (χ0n) is 7.33. The third-order valence-electron chi connectivity index (χ3n) is 1.62. The summed E-state index contributed by atoms with van der Waals surface area (Å²) in [6.45, 7) is 0. The summed E-state index contributed by atoms with van der Waals surface area (Å²) in [5.41, 5.74) is -0.295. The van der Waals surface area contributed by atoms with Crippen molar-refractivity contribution in [3.63, 3.8) is 0 Å². The van der Waals surface area contributed by atoms with Gasteiger partial charge in [-0.3, -0.25) is 4.79 Å². The van der Waals surface area contributed by atoms with E-state index in [4.69, 9.17) is 4.84 Å². The average molecular weight is 188 g/mol. The van der Waals surface area contributed by atoms with E-state index in [1.165, 1.54) is 12.3 Å². The largest absolute Gasteiger partial charge is 0.354 e. The molecule has 0 aliphatic heterocycles. The first-order valence-corrected chi connectivity index (χ1v) is 4.14. The van der Waals surface area contributed by atoms with Gasteiger partial charge in [-0.15, -0.1) is 5.10 Å². The monoisotopic (exact) mass is 188 g/mol. The van der Waals surface area contributed by atoms with Gasteiger partial charge in [-0.1, -0.05) is 23.0 Å². The number of hydrogen-bond donors (Lipinski definition) is 0. The van der Waals surface area contributed by atoms with Crippen LogP contribution >= 0.6 is 0 Å². The SMILES string of the molecule is O=c1cccnn1Oc1ccccc1. The lowest BCUT2D eigenvalue weighted by Crippen LogP contribution is -2.25. The number of nitrogens with zero attached hydrogens (tertiary/aromatic N) is 2. The van der Waals surface area contributed by atoms with Gasteiger partial charge >= 0.3 is 5.56 Å². The Hall–Kier alpha value is -2.10. The van der Waals surface area contributed by atoms with E-state index in [1.54, 1.807) is 18.2 Å². The van der Waals surface area contributed by atoms with Crippen LogP contribution in [0.1, 0.15) is 0 Å². The van der Waals surface area contributed by atoms with Crippen LogP contribution in [0.4, 0.5) is 0 Å². The van der Waals surface area contributed by atoms with Gasteiger partial charge in [0.05, 0.1) is 6.20 Å². The van der Waals surface area contributed by atoms with Gasteiger partial charge in [0.1, 0.15) is 0 Å². The molecule has 0 radical (unpaired) electrons. The van der Waals surface area contributed by atoms with Crippen molar-refractivity contribution in [3.05, 3.63) is 59.0 Å². The smallest absolute Gasteiger partial charge is 0.303 e. The first-order chi connectivity index (χ1) is 6.86. The number of hydrogen-bond acceptors (Lipinski definition) is 3. The summed E-state index contributed by atoms with van der Waals surface area (Å²) >= 11 is 0. The maximum Gasteiger partial charge on any atom is 0.303 e. The Kier molecular flexibility index (Phi) is 2.27. The Morgan fingerprint density at radius 1 is 1.07 bits per heavy atom. The Bertz CT molecular complexity index is 465. The van der Waals surface area contributed by atoms with Crippen LogP contribution in [0, 0.1) is 0 Å². The van der Waals surface area contributed by atoms with Crippen LogP contribution in [0.5, 0.6) is 5.75 Å². The van der Waals surface area contributed by atoms with Gasteiger partial charge in [0.15, 0.2) is 5.75 Å². The molecule has 1 aromatic heterocycles. The van der Waals surface area contributed by atoms with Crippen LogP contribution in [0.15, 0.2) is 53.5 Å². The van der Waals surface area contributed by atoms with Gasteiger partial charge in [-0.2, -0.15) is 0 Å². The molecular formula is C10H8N2O2. The fraction of sp³-hybridized carbons (Fsp3) is 0. The lowest BCUT2D eigenvalue weighted by atomic mass is 10.3. The fourth-order valence-corrected chi connectivity index (χ4v) is 0.995. The molecule has 0 fully saturated rings. The van der Waals surface area contributed by atoms with E-state index < -0.39 is 0 Å². The molecule has 4 nitrogen and oxygen atoms in total. The number of para-hydroxylation sites is 1. The minimum absolute atomic E-state index is 0.295. The highest BCUT2D eigenvalue weighted by Crippen LogP contribution is 2.07. The first-order valence-electron chi connectivity index (χ1n) is 4.14. The zero-order chi connectivity index (χ0) is 9.80. The summed E-state index contributed by atoms with van der Waals surface area (Å²) in [7, 11) is 0. The van der Waals surface area contributed by atoms with E-state index in [-0.39, 0.29) is 5.56 Å². The molecule has 0 aliphatic carbocycles. The van der Waals surface area contributed by atoms with Crippen molar-refractivity contribution in [2.75, 3.05) is 0 Å². The second-order valence-corrected chi connectivity index (χ2v) is 2.64. The Balaban J connectivity index is 2.28. The van der Waals surface area contributed by atoms with Crippen LogP contribution in [0.3, 0.4) is 0 Å². The molecule has 1 heterocycles. The molecule has 0 N–H and O–H groups in total. The molecule has 0 atom stereocenters. The molecule has 0 amide bonds. The molecular weight excluding hydrogens is 180 g/mol. The number of benzene rings is 1. The third kappa shape index (κ3) is 1.80. The lowest BCUT2D eigenvalue weighted by Gasteiger charge is -2.03.